The largest absolute Gasteiger partial charge is 0.367 e. The molecule has 0 bridgehead atoms. The first-order valence-electron chi connectivity index (χ1n) is 5.78. The molecule has 2 aromatic heterocycles. The van der Waals surface area contributed by atoms with Gasteiger partial charge in [-0.25, -0.2) is 4.39 Å². The van der Waals surface area contributed by atoms with Gasteiger partial charge in [0.05, 0.1) is 10.6 Å². The van der Waals surface area contributed by atoms with Gasteiger partial charge in [-0.1, -0.05) is 28.9 Å². The van der Waals surface area contributed by atoms with Gasteiger partial charge in [0.15, 0.2) is 0 Å². The zero-order chi connectivity index (χ0) is 14.1. The predicted molar refractivity (Wildman–Crippen MR) is 74.6 cm³/mol. The van der Waals surface area contributed by atoms with Crippen LogP contribution in [0.25, 0.3) is 22.4 Å². The van der Waals surface area contributed by atoms with E-state index in [-0.39, 0.29) is 10.9 Å². The highest BCUT2D eigenvalue weighted by atomic mass is 35.5. The molecule has 0 saturated heterocycles. The first kappa shape index (κ1) is 12.6. The van der Waals surface area contributed by atoms with Gasteiger partial charge in [-0.05, 0) is 18.2 Å². The summed E-state index contributed by atoms with van der Waals surface area (Å²) in [5, 5.41) is 3.94. The number of nitrogens with zero attached hydrogens (tertiary/aromatic N) is 2. The van der Waals surface area contributed by atoms with Gasteiger partial charge in [0.2, 0.25) is 5.88 Å². The highest BCUT2D eigenvalue weighted by Gasteiger charge is 2.18. The molecule has 3 rings (SSSR count). The van der Waals surface area contributed by atoms with Crippen LogP contribution in [0, 0.1) is 5.82 Å². The summed E-state index contributed by atoms with van der Waals surface area (Å²) in [5.41, 5.74) is 8.12. The number of rotatable bonds is 2. The zero-order valence-corrected chi connectivity index (χ0v) is 10.9. The van der Waals surface area contributed by atoms with Crippen LogP contribution in [0.3, 0.4) is 0 Å². The quantitative estimate of drug-likeness (QED) is 0.780. The van der Waals surface area contributed by atoms with Crippen LogP contribution in [0.5, 0.6) is 0 Å². The van der Waals surface area contributed by atoms with Crippen LogP contribution in [-0.2, 0) is 0 Å². The second kappa shape index (κ2) is 4.94. The van der Waals surface area contributed by atoms with E-state index in [9.17, 15) is 4.39 Å². The van der Waals surface area contributed by atoms with E-state index in [2.05, 4.69) is 10.1 Å². The smallest absolute Gasteiger partial charge is 0.230 e. The molecule has 6 heteroatoms. The van der Waals surface area contributed by atoms with Crippen molar-refractivity contribution in [3.8, 4) is 22.4 Å². The number of benzene rings is 1. The van der Waals surface area contributed by atoms with E-state index in [0.717, 1.165) is 5.56 Å². The Morgan fingerprint density at radius 1 is 1.20 bits per heavy atom. The fourth-order valence-corrected chi connectivity index (χ4v) is 2.05. The molecule has 4 nitrogen and oxygen atoms in total. The van der Waals surface area contributed by atoms with Crippen molar-refractivity contribution >= 4 is 17.5 Å². The summed E-state index contributed by atoms with van der Waals surface area (Å²) in [6.07, 6.45) is 3.29. The van der Waals surface area contributed by atoms with Crippen LogP contribution in [0.15, 0.2) is 47.2 Å². The van der Waals surface area contributed by atoms with Crippen LogP contribution < -0.4 is 5.73 Å². The van der Waals surface area contributed by atoms with E-state index in [4.69, 9.17) is 21.9 Å². The van der Waals surface area contributed by atoms with Gasteiger partial charge in [-0.3, -0.25) is 4.98 Å². The average Bonchev–Trinajstić information content (AvgIpc) is 2.85. The fraction of sp³-hybridized carbons (Fsp3) is 0. The molecule has 0 amide bonds. The Morgan fingerprint density at radius 3 is 2.75 bits per heavy atom. The maximum Gasteiger partial charge on any atom is 0.230 e. The third kappa shape index (κ3) is 2.12. The lowest BCUT2D eigenvalue weighted by atomic mass is 10.0. The molecule has 0 radical (unpaired) electrons. The molecule has 0 saturated carbocycles. The van der Waals surface area contributed by atoms with Crippen molar-refractivity contribution in [1.82, 2.24) is 10.1 Å². The lowest BCUT2D eigenvalue weighted by molar-refractivity contribution is 0.439. The summed E-state index contributed by atoms with van der Waals surface area (Å²) >= 11 is 5.68. The molecule has 1 aromatic carbocycles. The van der Waals surface area contributed by atoms with Crippen LogP contribution in [-0.4, -0.2) is 10.1 Å². The minimum Gasteiger partial charge on any atom is -0.367 e. The first-order chi connectivity index (χ1) is 9.66. The fourth-order valence-electron chi connectivity index (χ4n) is 1.93. The number of anilines is 1. The molecule has 3 aromatic rings. The molecule has 20 heavy (non-hydrogen) atoms. The SMILES string of the molecule is Nc1onc(-c2ccc(Cl)c(F)c2)c1-c1cccnc1. The topological polar surface area (TPSA) is 64.9 Å². The normalized spacial score (nSPS) is 10.7. The third-order valence-electron chi connectivity index (χ3n) is 2.86. The molecular weight excluding hydrogens is 281 g/mol. The van der Waals surface area contributed by atoms with Crippen LogP contribution >= 0.6 is 11.6 Å². The van der Waals surface area contributed by atoms with Crippen molar-refractivity contribution in [3.05, 3.63) is 53.6 Å². The van der Waals surface area contributed by atoms with E-state index in [1.54, 1.807) is 24.5 Å². The first-order valence-corrected chi connectivity index (χ1v) is 6.15. The van der Waals surface area contributed by atoms with Gasteiger partial charge in [-0.2, -0.15) is 0 Å². The molecule has 0 aliphatic heterocycles. The molecule has 0 unspecified atom stereocenters. The third-order valence-corrected chi connectivity index (χ3v) is 3.17. The lowest BCUT2D eigenvalue weighted by Crippen LogP contribution is -1.89. The molecule has 0 fully saturated rings. The number of hydrogen-bond acceptors (Lipinski definition) is 4. The van der Waals surface area contributed by atoms with Crippen molar-refractivity contribution < 1.29 is 8.91 Å². The maximum atomic E-state index is 13.6. The molecule has 0 spiro atoms. The number of nitrogens with two attached hydrogens (primary N) is 1. The zero-order valence-electron chi connectivity index (χ0n) is 10.2. The van der Waals surface area contributed by atoms with Crippen molar-refractivity contribution in [2.75, 3.05) is 5.73 Å². The summed E-state index contributed by atoms with van der Waals surface area (Å²) in [5.74, 6) is -0.369. The standard InChI is InChI=1S/C14H9ClFN3O/c15-10-4-3-8(6-11(10)16)13-12(14(17)20-19-13)9-2-1-5-18-7-9/h1-7H,17H2. The number of halogens is 2. The number of nitrogen functional groups attached to an aromatic ring is 1. The van der Waals surface area contributed by atoms with E-state index in [1.807, 2.05) is 6.07 Å². The molecule has 2 N–H and O–H groups in total. The van der Waals surface area contributed by atoms with Gasteiger partial charge in [-0.15, -0.1) is 0 Å². The van der Waals surface area contributed by atoms with Crippen molar-refractivity contribution in [2.24, 2.45) is 0 Å². The summed E-state index contributed by atoms with van der Waals surface area (Å²) in [6, 6.07) is 8.01. The van der Waals surface area contributed by atoms with E-state index < -0.39 is 5.82 Å². The Labute approximate surface area is 119 Å². The maximum absolute atomic E-state index is 13.6. The van der Waals surface area contributed by atoms with Crippen molar-refractivity contribution in [3.63, 3.8) is 0 Å². The monoisotopic (exact) mass is 289 g/mol. The summed E-state index contributed by atoms with van der Waals surface area (Å²) < 4.78 is 18.6. The number of pyridine rings is 1. The van der Waals surface area contributed by atoms with Gasteiger partial charge in [0.1, 0.15) is 11.5 Å². The average molecular weight is 290 g/mol. The van der Waals surface area contributed by atoms with Gasteiger partial charge in [0, 0.05) is 23.5 Å². The van der Waals surface area contributed by atoms with Gasteiger partial charge >= 0.3 is 0 Å². The Balaban J connectivity index is 2.18. The Morgan fingerprint density at radius 2 is 2.05 bits per heavy atom. The predicted octanol–water partition coefficient (Wildman–Crippen LogP) is 3.78. The van der Waals surface area contributed by atoms with Crippen LogP contribution in [0.1, 0.15) is 0 Å². The Bertz CT molecular complexity index is 758. The highest BCUT2D eigenvalue weighted by Crippen LogP contribution is 2.36. The summed E-state index contributed by atoms with van der Waals surface area (Å²) in [4.78, 5) is 4.03. The van der Waals surface area contributed by atoms with Crippen molar-refractivity contribution in [2.45, 2.75) is 0 Å². The molecular formula is C14H9ClFN3O. The van der Waals surface area contributed by atoms with E-state index in [1.165, 1.54) is 12.1 Å². The summed E-state index contributed by atoms with van der Waals surface area (Å²) in [6.45, 7) is 0. The minimum atomic E-state index is -0.525. The van der Waals surface area contributed by atoms with Crippen molar-refractivity contribution in [1.29, 1.82) is 0 Å². The second-order valence-corrected chi connectivity index (χ2v) is 4.55. The van der Waals surface area contributed by atoms with Gasteiger partial charge in [0.25, 0.3) is 0 Å². The molecule has 100 valence electrons. The molecule has 2 heterocycles. The van der Waals surface area contributed by atoms with E-state index >= 15 is 0 Å². The highest BCUT2D eigenvalue weighted by molar-refractivity contribution is 6.30. The molecule has 0 aliphatic rings. The number of hydrogen-bond donors (Lipinski definition) is 1. The van der Waals surface area contributed by atoms with Gasteiger partial charge < -0.3 is 10.3 Å². The number of aromatic nitrogens is 2. The summed E-state index contributed by atoms with van der Waals surface area (Å²) in [7, 11) is 0. The lowest BCUT2D eigenvalue weighted by Gasteiger charge is -2.03. The molecule has 0 atom stereocenters. The van der Waals surface area contributed by atoms with Crippen LogP contribution in [0.4, 0.5) is 10.3 Å². The Kier molecular flexibility index (Phi) is 3.12. The Hall–Kier alpha value is -2.40. The van der Waals surface area contributed by atoms with E-state index in [0.29, 0.717) is 16.8 Å². The minimum absolute atomic E-state index is 0.0492. The molecule has 0 aliphatic carbocycles. The van der Waals surface area contributed by atoms with Crippen LogP contribution in [0.2, 0.25) is 5.02 Å². The second-order valence-electron chi connectivity index (χ2n) is 4.14.